The predicted molar refractivity (Wildman–Crippen MR) is 85.4 cm³/mol. The van der Waals surface area contributed by atoms with E-state index < -0.39 is 10.0 Å². The van der Waals surface area contributed by atoms with Crippen molar-refractivity contribution in [1.82, 2.24) is 0 Å². The Balaban J connectivity index is 2.11. The fourth-order valence-electron chi connectivity index (χ4n) is 1.82. The Bertz CT molecular complexity index is 937. The van der Waals surface area contributed by atoms with Gasteiger partial charge >= 0.3 is 0 Å². The van der Waals surface area contributed by atoms with Gasteiger partial charge in [0, 0.05) is 10.1 Å². The van der Waals surface area contributed by atoms with Crippen molar-refractivity contribution in [1.29, 1.82) is 0 Å². The summed E-state index contributed by atoms with van der Waals surface area (Å²) < 4.78 is 35.2. The molecule has 0 amide bonds. The average Bonchev–Trinajstić information content (AvgIpc) is 2.90. The van der Waals surface area contributed by atoms with Crippen LogP contribution in [0.3, 0.4) is 0 Å². The molecule has 0 bridgehead atoms. The second kappa shape index (κ2) is 5.59. The average molecular weight is 337 g/mol. The maximum atomic E-state index is 12.3. The SMILES string of the molecule is COc1ccc(S(=O)(=O)N=c2ssc3ccccc23)cc1. The van der Waals surface area contributed by atoms with Gasteiger partial charge in [-0.3, -0.25) is 0 Å². The molecule has 3 rings (SSSR count). The third-order valence-electron chi connectivity index (χ3n) is 2.89. The summed E-state index contributed by atoms with van der Waals surface area (Å²) in [4.78, 5) is 0.158. The molecule has 0 fully saturated rings. The van der Waals surface area contributed by atoms with Crippen molar-refractivity contribution in [2.45, 2.75) is 4.90 Å². The second-order valence-electron chi connectivity index (χ2n) is 4.21. The number of ether oxygens (including phenoxy) is 1. The summed E-state index contributed by atoms with van der Waals surface area (Å²) in [5, 5.41) is 0.865. The Hall–Kier alpha value is -1.70. The van der Waals surface area contributed by atoms with Gasteiger partial charge in [-0.1, -0.05) is 38.9 Å². The van der Waals surface area contributed by atoms with Gasteiger partial charge in [0.1, 0.15) is 10.4 Å². The fourth-order valence-corrected chi connectivity index (χ4v) is 5.51. The Kier molecular flexibility index (Phi) is 3.79. The Morgan fingerprint density at radius 3 is 2.43 bits per heavy atom. The fraction of sp³-hybridized carbons (Fsp3) is 0.0714. The van der Waals surface area contributed by atoms with Gasteiger partial charge in [-0.05, 0) is 30.3 Å². The van der Waals surface area contributed by atoms with E-state index >= 15 is 0 Å². The minimum atomic E-state index is -3.71. The van der Waals surface area contributed by atoms with E-state index in [4.69, 9.17) is 4.74 Å². The first-order chi connectivity index (χ1) is 10.1. The molecule has 3 aromatic rings. The molecule has 0 aliphatic carbocycles. The molecule has 4 nitrogen and oxygen atoms in total. The van der Waals surface area contributed by atoms with E-state index in [-0.39, 0.29) is 4.90 Å². The molecule has 108 valence electrons. The van der Waals surface area contributed by atoms with Crippen LogP contribution in [-0.2, 0) is 10.0 Å². The highest BCUT2D eigenvalue weighted by molar-refractivity contribution is 7.90. The van der Waals surface area contributed by atoms with Crippen LogP contribution in [0.1, 0.15) is 0 Å². The molecule has 2 aromatic carbocycles. The van der Waals surface area contributed by atoms with E-state index in [1.165, 1.54) is 39.9 Å². The van der Waals surface area contributed by atoms with Crippen molar-refractivity contribution in [3.63, 3.8) is 0 Å². The third-order valence-corrected chi connectivity index (χ3v) is 6.64. The lowest BCUT2D eigenvalue weighted by molar-refractivity contribution is 0.414. The maximum absolute atomic E-state index is 12.3. The Morgan fingerprint density at radius 1 is 1.00 bits per heavy atom. The minimum Gasteiger partial charge on any atom is -0.497 e. The van der Waals surface area contributed by atoms with Gasteiger partial charge in [0.15, 0.2) is 0 Å². The molecule has 0 spiro atoms. The molecule has 0 aliphatic heterocycles. The van der Waals surface area contributed by atoms with Crippen LogP contribution in [0.15, 0.2) is 57.8 Å². The molecule has 0 saturated carbocycles. The van der Waals surface area contributed by atoms with E-state index in [0.717, 1.165) is 10.1 Å². The van der Waals surface area contributed by atoms with Gasteiger partial charge in [0.25, 0.3) is 10.0 Å². The molecular weight excluding hydrogens is 326 g/mol. The van der Waals surface area contributed by atoms with E-state index in [2.05, 4.69) is 4.40 Å². The van der Waals surface area contributed by atoms with Crippen molar-refractivity contribution in [3.8, 4) is 5.75 Å². The summed E-state index contributed by atoms with van der Waals surface area (Å²) in [6.45, 7) is 0. The first-order valence-electron chi connectivity index (χ1n) is 6.03. The van der Waals surface area contributed by atoms with Crippen LogP contribution in [0.4, 0.5) is 0 Å². The van der Waals surface area contributed by atoms with E-state index in [0.29, 0.717) is 10.4 Å². The number of sulfonamides is 1. The van der Waals surface area contributed by atoms with Crippen molar-refractivity contribution in [2.24, 2.45) is 4.40 Å². The molecule has 0 saturated heterocycles. The van der Waals surface area contributed by atoms with Crippen LogP contribution in [0.2, 0.25) is 0 Å². The summed E-state index contributed by atoms with van der Waals surface area (Å²) in [6.07, 6.45) is 0. The highest BCUT2D eigenvalue weighted by Gasteiger charge is 2.13. The summed E-state index contributed by atoms with van der Waals surface area (Å²) in [5.74, 6) is 0.609. The summed E-state index contributed by atoms with van der Waals surface area (Å²) in [5.41, 5.74) is 0. The number of hydrogen-bond acceptors (Lipinski definition) is 5. The number of benzene rings is 2. The number of rotatable bonds is 3. The normalized spacial score (nSPS) is 12.7. The van der Waals surface area contributed by atoms with Crippen molar-refractivity contribution < 1.29 is 13.2 Å². The Labute approximate surface area is 129 Å². The third kappa shape index (κ3) is 2.85. The highest BCUT2D eigenvalue weighted by atomic mass is 32.9. The number of hydrogen-bond donors (Lipinski definition) is 0. The molecule has 1 aromatic heterocycles. The molecule has 0 N–H and O–H groups in total. The minimum absolute atomic E-state index is 0.158. The zero-order valence-electron chi connectivity index (χ0n) is 11.0. The lowest BCUT2D eigenvalue weighted by Crippen LogP contribution is -2.04. The zero-order chi connectivity index (χ0) is 14.9. The lowest BCUT2D eigenvalue weighted by Gasteiger charge is -2.01. The summed E-state index contributed by atoms with van der Waals surface area (Å²) in [6, 6.07) is 13.8. The zero-order valence-corrected chi connectivity index (χ0v) is 13.5. The molecule has 7 heteroatoms. The van der Waals surface area contributed by atoms with Crippen LogP contribution in [-0.4, -0.2) is 15.5 Å². The number of fused-ring (bicyclic) bond motifs is 1. The number of methoxy groups -OCH3 is 1. The monoisotopic (exact) mass is 337 g/mol. The summed E-state index contributed by atoms with van der Waals surface area (Å²) in [7, 11) is 0.704. The molecule has 21 heavy (non-hydrogen) atoms. The molecule has 1 heterocycles. The van der Waals surface area contributed by atoms with Crippen LogP contribution in [0.25, 0.3) is 10.1 Å². The van der Waals surface area contributed by atoms with Gasteiger partial charge in [-0.25, -0.2) is 0 Å². The second-order valence-corrected chi connectivity index (χ2v) is 7.97. The highest BCUT2D eigenvalue weighted by Crippen LogP contribution is 2.21. The lowest BCUT2D eigenvalue weighted by atomic mass is 10.3. The molecule has 0 radical (unpaired) electrons. The van der Waals surface area contributed by atoms with E-state index in [1.807, 2.05) is 24.3 Å². The predicted octanol–water partition coefficient (Wildman–Crippen LogP) is 3.26. The van der Waals surface area contributed by atoms with E-state index in [9.17, 15) is 8.42 Å². The van der Waals surface area contributed by atoms with Crippen LogP contribution in [0, 0.1) is 0 Å². The van der Waals surface area contributed by atoms with Gasteiger partial charge in [0.05, 0.1) is 12.0 Å². The smallest absolute Gasteiger partial charge is 0.283 e. The van der Waals surface area contributed by atoms with Gasteiger partial charge < -0.3 is 4.74 Å². The molecule has 0 aliphatic rings. The van der Waals surface area contributed by atoms with Crippen LogP contribution >= 0.6 is 20.7 Å². The first-order valence-corrected chi connectivity index (χ1v) is 9.62. The largest absolute Gasteiger partial charge is 0.497 e. The van der Waals surface area contributed by atoms with Gasteiger partial charge in [0.2, 0.25) is 0 Å². The maximum Gasteiger partial charge on any atom is 0.283 e. The van der Waals surface area contributed by atoms with Crippen molar-refractivity contribution >= 4 is 40.8 Å². The van der Waals surface area contributed by atoms with E-state index in [1.54, 1.807) is 12.1 Å². The van der Waals surface area contributed by atoms with Crippen molar-refractivity contribution in [3.05, 3.63) is 53.2 Å². The number of nitrogens with zero attached hydrogens (tertiary/aromatic N) is 1. The molecular formula is C14H11NO3S3. The summed E-state index contributed by atoms with van der Waals surface area (Å²) >= 11 is 0. The quantitative estimate of drug-likeness (QED) is 0.689. The first kappa shape index (κ1) is 14.2. The van der Waals surface area contributed by atoms with Gasteiger partial charge in [-0.15, -0.1) is 4.40 Å². The van der Waals surface area contributed by atoms with Crippen LogP contribution in [0.5, 0.6) is 5.75 Å². The van der Waals surface area contributed by atoms with Crippen molar-refractivity contribution in [2.75, 3.05) is 7.11 Å². The molecule has 0 atom stereocenters. The van der Waals surface area contributed by atoms with Crippen LogP contribution < -0.4 is 9.41 Å². The Morgan fingerprint density at radius 2 is 1.71 bits per heavy atom. The van der Waals surface area contributed by atoms with Gasteiger partial charge in [-0.2, -0.15) is 8.42 Å². The standard InChI is InChI=1S/C14H11NO3S3/c1-18-10-6-8-11(9-7-10)21(16,17)15-14-12-4-2-3-5-13(12)19-20-14/h2-9H,1H3. The molecule has 0 unspecified atom stereocenters. The topological polar surface area (TPSA) is 55.7 Å².